The average molecular weight is 659 g/mol. The van der Waals surface area contributed by atoms with Crippen molar-refractivity contribution in [3.8, 4) is 34.4 Å². The van der Waals surface area contributed by atoms with Crippen LogP contribution in [0.2, 0.25) is 0 Å². The number of aromatic nitrogens is 2. The molecular weight excluding hydrogens is 645 g/mol. The van der Waals surface area contributed by atoms with Gasteiger partial charge in [0.05, 0.1) is 25.3 Å². The number of rotatable bonds is 4. The molecule has 0 N–H and O–H groups in total. The van der Waals surface area contributed by atoms with E-state index in [9.17, 15) is 20.1 Å². The third-order valence-corrected chi connectivity index (χ3v) is 10.5. The van der Waals surface area contributed by atoms with Gasteiger partial charge >= 0.3 is 0 Å². The first-order valence-corrected chi connectivity index (χ1v) is 16.2. The quantitative estimate of drug-likeness (QED) is 0.105. The molecule has 0 unspecified atom stereocenters. The van der Waals surface area contributed by atoms with Crippen LogP contribution >= 0.6 is 34.9 Å². The number of hydrogen-bond donors (Lipinski definition) is 0. The number of benzene rings is 4. The van der Waals surface area contributed by atoms with Gasteiger partial charge in [0.2, 0.25) is 10.2 Å². The second-order valence-electron chi connectivity index (χ2n) is 10.1. The van der Waals surface area contributed by atoms with Gasteiger partial charge in [-0.1, -0.05) is 84.1 Å². The van der Waals surface area contributed by atoms with E-state index in [4.69, 9.17) is 13.1 Å². The number of carbonyl (C=O) groups excluding carboxylic acids is 2. The van der Waals surface area contributed by atoms with Crippen molar-refractivity contribution in [1.82, 2.24) is 10.2 Å². The number of nitrogens with zero attached hydrogens (tertiary/aromatic N) is 6. The van der Waals surface area contributed by atoms with Gasteiger partial charge in [0.1, 0.15) is 0 Å². The molecule has 47 heavy (non-hydrogen) atoms. The molecule has 0 bridgehead atoms. The fraction of sp³-hybridized carbons (Fsp3) is 0. The molecular formula is C36H14N6O2S3. The minimum absolute atomic E-state index is 0.0411. The average Bonchev–Trinajstić information content (AvgIpc) is 3.79. The summed E-state index contributed by atoms with van der Waals surface area (Å²) in [4.78, 5) is 34.2. The molecule has 0 atom stereocenters. The van der Waals surface area contributed by atoms with Gasteiger partial charge < -0.3 is 0 Å². The van der Waals surface area contributed by atoms with E-state index in [0.29, 0.717) is 53.2 Å². The van der Waals surface area contributed by atoms with E-state index in [1.54, 1.807) is 36.4 Å². The molecule has 0 radical (unpaired) electrons. The Kier molecular flexibility index (Phi) is 7.58. The Balaban J connectivity index is 1.18. The van der Waals surface area contributed by atoms with Crippen LogP contribution in [0.15, 0.2) is 105 Å². The standard InChI is InChI=1S/C36H14N6O2S3/c1-39-27(17-37)31-21-11-5-3-9-19(21)29-23(31)13-7-15-25(29)33(43)45-35-41-42-36(47-35)46-34(44)26-16-8-14-24-30(26)20-10-4-6-12-22(20)32(24)28(18-38)40-2/h3-16H. The van der Waals surface area contributed by atoms with Gasteiger partial charge in [-0.2, -0.15) is 0 Å². The lowest BCUT2D eigenvalue weighted by molar-refractivity contribution is 0.108. The molecule has 5 aromatic rings. The molecule has 4 aromatic carbocycles. The summed E-state index contributed by atoms with van der Waals surface area (Å²) in [5.41, 5.74) is 7.37. The van der Waals surface area contributed by atoms with Crippen LogP contribution in [0.1, 0.15) is 43.0 Å². The number of allylic oxidation sites excluding steroid dienone is 2. The number of carbonyl (C=O) groups is 2. The largest absolute Gasteiger partial charge is 0.281 e. The summed E-state index contributed by atoms with van der Waals surface area (Å²) in [6.07, 6.45) is 0. The molecule has 218 valence electrons. The van der Waals surface area contributed by atoms with Crippen LogP contribution in [0.3, 0.4) is 0 Å². The molecule has 1 heterocycles. The third-order valence-electron chi connectivity index (χ3n) is 7.70. The van der Waals surface area contributed by atoms with E-state index in [0.717, 1.165) is 57.1 Å². The molecule has 0 aliphatic heterocycles. The Morgan fingerprint density at radius 3 is 1.36 bits per heavy atom. The summed E-state index contributed by atoms with van der Waals surface area (Å²) in [5, 5.41) is 27.0. The van der Waals surface area contributed by atoms with E-state index in [1.807, 2.05) is 60.7 Å². The van der Waals surface area contributed by atoms with Crippen LogP contribution in [-0.4, -0.2) is 20.4 Å². The predicted molar refractivity (Wildman–Crippen MR) is 181 cm³/mol. The molecule has 0 spiro atoms. The van der Waals surface area contributed by atoms with Crippen molar-refractivity contribution in [3.05, 3.63) is 153 Å². The van der Waals surface area contributed by atoms with Crippen molar-refractivity contribution >= 4 is 56.2 Å². The first kappa shape index (κ1) is 29.6. The maximum atomic E-state index is 13.7. The summed E-state index contributed by atoms with van der Waals surface area (Å²) < 4.78 is 0.710. The summed E-state index contributed by atoms with van der Waals surface area (Å²) in [7, 11) is 0. The molecule has 0 amide bonds. The highest BCUT2D eigenvalue weighted by molar-refractivity contribution is 8.17. The highest BCUT2D eigenvalue weighted by atomic mass is 32.2. The van der Waals surface area contributed by atoms with Gasteiger partial charge in [-0.3, -0.25) is 9.59 Å². The van der Waals surface area contributed by atoms with Crippen LogP contribution in [-0.2, 0) is 0 Å². The van der Waals surface area contributed by atoms with Gasteiger partial charge in [-0.05, 0) is 69.0 Å². The van der Waals surface area contributed by atoms with Crippen molar-refractivity contribution in [3.63, 3.8) is 0 Å². The monoisotopic (exact) mass is 658 g/mol. The van der Waals surface area contributed by atoms with Gasteiger partial charge in [0, 0.05) is 33.4 Å². The highest BCUT2D eigenvalue weighted by Crippen LogP contribution is 2.50. The van der Waals surface area contributed by atoms with Crippen LogP contribution in [0.25, 0.3) is 43.1 Å². The van der Waals surface area contributed by atoms with Gasteiger partial charge in [0.15, 0.2) is 8.68 Å². The van der Waals surface area contributed by atoms with E-state index in [2.05, 4.69) is 19.9 Å². The molecule has 1 aromatic heterocycles. The zero-order valence-corrected chi connectivity index (χ0v) is 26.3. The Morgan fingerprint density at radius 2 is 0.979 bits per heavy atom. The van der Waals surface area contributed by atoms with Crippen molar-refractivity contribution in [2.24, 2.45) is 0 Å². The maximum absolute atomic E-state index is 13.7. The predicted octanol–water partition coefficient (Wildman–Crippen LogP) is 8.77. The molecule has 0 saturated carbocycles. The first-order valence-electron chi connectivity index (χ1n) is 13.8. The number of fused-ring (bicyclic) bond motifs is 6. The van der Waals surface area contributed by atoms with Gasteiger partial charge in [-0.25, -0.2) is 20.2 Å². The van der Waals surface area contributed by atoms with Gasteiger partial charge in [-0.15, -0.1) is 10.2 Å². The smallest absolute Gasteiger partial charge is 0.270 e. The van der Waals surface area contributed by atoms with Crippen LogP contribution in [0, 0.1) is 35.8 Å². The number of nitriles is 2. The minimum Gasteiger partial charge on any atom is -0.281 e. The zero-order chi connectivity index (χ0) is 32.7. The molecule has 11 heteroatoms. The Labute approximate surface area is 281 Å². The molecule has 2 aliphatic carbocycles. The van der Waals surface area contributed by atoms with Crippen molar-refractivity contribution in [1.29, 1.82) is 10.5 Å². The van der Waals surface area contributed by atoms with E-state index in [-0.39, 0.29) is 21.6 Å². The lowest BCUT2D eigenvalue weighted by Gasteiger charge is -2.08. The highest BCUT2D eigenvalue weighted by Gasteiger charge is 2.32. The van der Waals surface area contributed by atoms with E-state index >= 15 is 0 Å². The third kappa shape index (κ3) is 4.84. The Hall–Kier alpha value is -6.08. The normalized spacial score (nSPS) is 13.9. The second-order valence-corrected chi connectivity index (χ2v) is 13.5. The Morgan fingerprint density at radius 1 is 0.596 bits per heavy atom. The second kappa shape index (κ2) is 12.0. The SMILES string of the molecule is [C-]#[N+]C(C#N)=C1c2ccccc2-c2c(C(=O)Sc3nnc(SC(=O)c4cccc5c4-c4ccccc4C5=C(C#N)[N+]#[C-])s3)cccc21. The number of thioether (sulfide) groups is 2. The summed E-state index contributed by atoms with van der Waals surface area (Å²) in [6, 6.07) is 29.2. The molecule has 2 aliphatic rings. The van der Waals surface area contributed by atoms with Crippen LogP contribution < -0.4 is 0 Å². The van der Waals surface area contributed by atoms with Crippen molar-refractivity contribution < 1.29 is 9.59 Å². The first-order chi connectivity index (χ1) is 23.0. The van der Waals surface area contributed by atoms with Crippen LogP contribution in [0.5, 0.6) is 0 Å². The summed E-state index contributed by atoms with van der Waals surface area (Å²) in [6.45, 7) is 15.0. The molecule has 7 rings (SSSR count). The van der Waals surface area contributed by atoms with Crippen LogP contribution in [0.4, 0.5) is 0 Å². The summed E-state index contributed by atoms with van der Waals surface area (Å²) >= 11 is 2.91. The Bertz CT molecular complexity index is 2260. The zero-order valence-electron chi connectivity index (χ0n) is 23.8. The lowest BCUT2D eigenvalue weighted by atomic mass is 9.99. The lowest BCUT2D eigenvalue weighted by Crippen LogP contribution is -1.97. The maximum Gasteiger partial charge on any atom is 0.270 e. The summed E-state index contributed by atoms with van der Waals surface area (Å²) in [5.74, 6) is 0. The van der Waals surface area contributed by atoms with E-state index in [1.165, 1.54) is 0 Å². The topological polar surface area (TPSA) is 116 Å². The fourth-order valence-electron chi connectivity index (χ4n) is 5.90. The molecule has 8 nitrogen and oxygen atoms in total. The van der Waals surface area contributed by atoms with Crippen molar-refractivity contribution in [2.45, 2.75) is 8.68 Å². The van der Waals surface area contributed by atoms with Crippen molar-refractivity contribution in [2.75, 3.05) is 0 Å². The number of hydrogen-bond acceptors (Lipinski definition) is 9. The van der Waals surface area contributed by atoms with E-state index < -0.39 is 0 Å². The van der Waals surface area contributed by atoms with Gasteiger partial charge in [0.25, 0.3) is 11.4 Å². The fourth-order valence-corrected chi connectivity index (χ4v) is 8.67. The molecule has 0 saturated heterocycles. The molecule has 0 fully saturated rings. The minimum atomic E-state index is -0.289.